The summed E-state index contributed by atoms with van der Waals surface area (Å²) in [7, 11) is 0. The monoisotopic (exact) mass is 244 g/mol. The van der Waals surface area contributed by atoms with Gasteiger partial charge >= 0.3 is 0 Å². The van der Waals surface area contributed by atoms with Gasteiger partial charge in [-0.05, 0) is 5.56 Å². The minimum absolute atomic E-state index is 0.0568. The van der Waals surface area contributed by atoms with Crippen molar-refractivity contribution in [3.05, 3.63) is 59.8 Å². The Morgan fingerprint density at radius 1 is 1.17 bits per heavy atom. The molecule has 0 radical (unpaired) electrons. The summed E-state index contributed by atoms with van der Waals surface area (Å²) in [5, 5.41) is 18.7. The lowest BCUT2D eigenvalue weighted by atomic mass is 10.2. The largest absolute Gasteiger partial charge is 0.505 e. The SMILES string of the molecule is OCCC1=CN=CC(O)=CN1Cc1ccccc1. The summed E-state index contributed by atoms with van der Waals surface area (Å²) in [6.45, 7) is 0.696. The maximum Gasteiger partial charge on any atom is 0.149 e. The molecule has 18 heavy (non-hydrogen) atoms. The van der Waals surface area contributed by atoms with Crippen molar-refractivity contribution in [2.45, 2.75) is 13.0 Å². The molecule has 1 aliphatic rings. The van der Waals surface area contributed by atoms with Crippen LogP contribution < -0.4 is 0 Å². The molecule has 94 valence electrons. The van der Waals surface area contributed by atoms with Crippen molar-refractivity contribution in [2.24, 2.45) is 4.99 Å². The van der Waals surface area contributed by atoms with E-state index in [0.29, 0.717) is 13.0 Å². The third-order valence-electron chi connectivity index (χ3n) is 2.65. The van der Waals surface area contributed by atoms with Crippen molar-refractivity contribution in [3.8, 4) is 0 Å². The first kappa shape index (κ1) is 12.4. The van der Waals surface area contributed by atoms with Gasteiger partial charge in [0.15, 0.2) is 0 Å². The molecule has 0 amide bonds. The molecule has 1 heterocycles. The number of aliphatic hydroxyl groups is 2. The van der Waals surface area contributed by atoms with Crippen LogP contribution in [0, 0.1) is 0 Å². The lowest BCUT2D eigenvalue weighted by Crippen LogP contribution is -2.17. The number of allylic oxidation sites excluding steroid dienone is 1. The van der Waals surface area contributed by atoms with Crippen molar-refractivity contribution >= 4 is 6.21 Å². The van der Waals surface area contributed by atoms with Crippen LogP contribution in [-0.4, -0.2) is 27.9 Å². The topological polar surface area (TPSA) is 56.1 Å². The molecule has 4 heteroatoms. The molecule has 0 fully saturated rings. The molecular weight excluding hydrogens is 228 g/mol. The number of aliphatic hydroxyl groups excluding tert-OH is 2. The fourth-order valence-electron chi connectivity index (χ4n) is 1.80. The summed E-state index contributed by atoms with van der Waals surface area (Å²) in [4.78, 5) is 5.88. The first-order valence-corrected chi connectivity index (χ1v) is 5.84. The smallest absolute Gasteiger partial charge is 0.149 e. The number of aliphatic imine (C=N–C) groups is 1. The number of hydrogen-bond acceptors (Lipinski definition) is 4. The molecule has 0 unspecified atom stereocenters. The zero-order chi connectivity index (χ0) is 12.8. The Bertz CT molecular complexity index is 478. The van der Waals surface area contributed by atoms with Crippen LogP contribution in [0.5, 0.6) is 0 Å². The summed E-state index contributed by atoms with van der Waals surface area (Å²) >= 11 is 0. The third kappa shape index (κ3) is 3.21. The van der Waals surface area contributed by atoms with Crippen molar-refractivity contribution in [1.29, 1.82) is 0 Å². The summed E-state index contributed by atoms with van der Waals surface area (Å²) in [6.07, 6.45) is 5.19. The molecule has 2 rings (SSSR count). The minimum Gasteiger partial charge on any atom is -0.505 e. The van der Waals surface area contributed by atoms with Crippen LogP contribution >= 0.6 is 0 Å². The molecule has 1 aromatic rings. The van der Waals surface area contributed by atoms with Crippen molar-refractivity contribution in [3.63, 3.8) is 0 Å². The van der Waals surface area contributed by atoms with Gasteiger partial charge in [-0.2, -0.15) is 0 Å². The second-order valence-electron chi connectivity index (χ2n) is 4.04. The maximum absolute atomic E-state index is 9.60. The van der Waals surface area contributed by atoms with Gasteiger partial charge in [-0.3, -0.25) is 4.99 Å². The standard InChI is InChI=1S/C14H16N2O2/c17-7-6-13-8-15-9-14(18)11-16(13)10-12-4-2-1-3-5-12/h1-5,8-9,11,17-18H,6-7,10H2. The van der Waals surface area contributed by atoms with Crippen LogP contribution in [0.25, 0.3) is 0 Å². The zero-order valence-corrected chi connectivity index (χ0v) is 10.0. The Balaban J connectivity index is 2.19. The van der Waals surface area contributed by atoms with Gasteiger partial charge < -0.3 is 15.1 Å². The average molecular weight is 244 g/mol. The van der Waals surface area contributed by atoms with Crippen LogP contribution in [0.4, 0.5) is 0 Å². The summed E-state index contributed by atoms with van der Waals surface area (Å²) in [5.74, 6) is 0.107. The number of hydrogen-bond donors (Lipinski definition) is 2. The fourth-order valence-corrected chi connectivity index (χ4v) is 1.80. The highest BCUT2D eigenvalue weighted by atomic mass is 16.3. The molecule has 4 nitrogen and oxygen atoms in total. The molecule has 1 aliphatic heterocycles. The maximum atomic E-state index is 9.60. The van der Waals surface area contributed by atoms with Gasteiger partial charge in [-0.15, -0.1) is 0 Å². The molecule has 0 atom stereocenters. The predicted molar refractivity (Wildman–Crippen MR) is 71.0 cm³/mol. The van der Waals surface area contributed by atoms with E-state index in [4.69, 9.17) is 5.11 Å². The van der Waals surface area contributed by atoms with E-state index in [-0.39, 0.29) is 12.4 Å². The predicted octanol–water partition coefficient (Wildman–Crippen LogP) is 2.20. The molecule has 1 aromatic carbocycles. The Morgan fingerprint density at radius 2 is 1.94 bits per heavy atom. The first-order valence-electron chi connectivity index (χ1n) is 5.84. The van der Waals surface area contributed by atoms with Gasteiger partial charge in [0.05, 0.1) is 6.21 Å². The van der Waals surface area contributed by atoms with Gasteiger partial charge in [-0.1, -0.05) is 30.3 Å². The van der Waals surface area contributed by atoms with E-state index < -0.39 is 0 Å². The van der Waals surface area contributed by atoms with Crippen molar-refractivity contribution in [1.82, 2.24) is 4.90 Å². The first-order chi connectivity index (χ1) is 8.79. The van der Waals surface area contributed by atoms with Crippen LogP contribution in [0.3, 0.4) is 0 Å². The second kappa shape index (κ2) is 6.02. The van der Waals surface area contributed by atoms with Gasteiger partial charge in [0.2, 0.25) is 0 Å². The molecular formula is C14H16N2O2. The van der Waals surface area contributed by atoms with E-state index >= 15 is 0 Å². The summed E-state index contributed by atoms with van der Waals surface area (Å²) in [6, 6.07) is 9.96. The van der Waals surface area contributed by atoms with E-state index in [9.17, 15) is 5.11 Å². The van der Waals surface area contributed by atoms with Crippen LogP contribution in [-0.2, 0) is 6.54 Å². The summed E-state index contributed by atoms with van der Waals surface area (Å²) < 4.78 is 0. The quantitative estimate of drug-likeness (QED) is 0.853. The number of nitrogens with zero attached hydrogens (tertiary/aromatic N) is 2. The number of rotatable bonds is 4. The average Bonchev–Trinajstić information content (AvgIpc) is 2.54. The highest BCUT2D eigenvalue weighted by molar-refractivity contribution is 5.76. The molecule has 0 spiro atoms. The van der Waals surface area contributed by atoms with E-state index in [1.54, 1.807) is 12.4 Å². The van der Waals surface area contributed by atoms with E-state index in [1.165, 1.54) is 6.21 Å². The fraction of sp³-hybridized carbons (Fsp3) is 0.214. The van der Waals surface area contributed by atoms with E-state index in [1.807, 2.05) is 35.2 Å². The molecule has 2 N–H and O–H groups in total. The van der Waals surface area contributed by atoms with Gasteiger partial charge in [0.1, 0.15) is 5.76 Å². The Hall–Kier alpha value is -2.07. The van der Waals surface area contributed by atoms with Gasteiger partial charge in [0, 0.05) is 37.7 Å². The van der Waals surface area contributed by atoms with Crippen LogP contribution in [0.1, 0.15) is 12.0 Å². The Kier molecular flexibility index (Phi) is 4.15. The Morgan fingerprint density at radius 3 is 2.67 bits per heavy atom. The zero-order valence-electron chi connectivity index (χ0n) is 10.0. The summed E-state index contributed by atoms with van der Waals surface area (Å²) in [5.41, 5.74) is 2.01. The third-order valence-corrected chi connectivity index (χ3v) is 2.65. The molecule has 0 bridgehead atoms. The number of benzene rings is 1. The Labute approximate surface area is 106 Å². The highest BCUT2D eigenvalue weighted by Gasteiger charge is 2.10. The van der Waals surface area contributed by atoms with E-state index in [2.05, 4.69) is 4.99 Å². The second-order valence-corrected chi connectivity index (χ2v) is 4.04. The van der Waals surface area contributed by atoms with Crippen LogP contribution in [0.2, 0.25) is 0 Å². The molecule has 0 aliphatic carbocycles. The lowest BCUT2D eigenvalue weighted by molar-refractivity contribution is 0.280. The molecule has 0 aromatic heterocycles. The van der Waals surface area contributed by atoms with Crippen molar-refractivity contribution < 1.29 is 10.2 Å². The molecule has 0 saturated heterocycles. The van der Waals surface area contributed by atoms with Gasteiger partial charge in [0.25, 0.3) is 0 Å². The van der Waals surface area contributed by atoms with E-state index in [0.717, 1.165) is 11.3 Å². The minimum atomic E-state index is 0.0568. The van der Waals surface area contributed by atoms with Crippen molar-refractivity contribution in [2.75, 3.05) is 6.61 Å². The highest BCUT2D eigenvalue weighted by Crippen LogP contribution is 2.17. The molecule has 0 saturated carbocycles. The lowest BCUT2D eigenvalue weighted by Gasteiger charge is -2.22. The normalized spacial score (nSPS) is 15.1. The van der Waals surface area contributed by atoms with Crippen LogP contribution in [0.15, 0.2) is 59.2 Å². The van der Waals surface area contributed by atoms with Gasteiger partial charge in [-0.25, -0.2) is 0 Å².